The highest BCUT2D eigenvalue weighted by Gasteiger charge is 2.12. The highest BCUT2D eigenvalue weighted by Crippen LogP contribution is 2.19. The summed E-state index contributed by atoms with van der Waals surface area (Å²) < 4.78 is 3.29. The van der Waals surface area contributed by atoms with Crippen molar-refractivity contribution < 1.29 is 9.72 Å². The summed E-state index contributed by atoms with van der Waals surface area (Å²) in [6.07, 6.45) is 6.40. The van der Waals surface area contributed by atoms with Gasteiger partial charge in [-0.15, -0.1) is 0 Å². The van der Waals surface area contributed by atoms with E-state index in [2.05, 4.69) is 5.10 Å². The molecule has 1 aromatic carbocycles. The fourth-order valence-electron chi connectivity index (χ4n) is 2.37. The zero-order valence-corrected chi connectivity index (χ0v) is 13.9. The van der Waals surface area contributed by atoms with Gasteiger partial charge in [0.15, 0.2) is 5.69 Å². The summed E-state index contributed by atoms with van der Waals surface area (Å²) in [6, 6.07) is 9.80. The molecule has 0 amide bonds. The number of hydrogen-bond acceptors (Lipinski definition) is 4. The number of halogens is 1. The first kappa shape index (κ1) is 16.7. The Labute approximate surface area is 147 Å². The van der Waals surface area contributed by atoms with Gasteiger partial charge in [0.25, 0.3) is 5.69 Å². The van der Waals surface area contributed by atoms with Gasteiger partial charge in [-0.2, -0.15) is 5.10 Å². The zero-order valence-electron chi connectivity index (χ0n) is 13.2. The molecular formula is C17H13ClN4O3. The second-order valence-electron chi connectivity index (χ2n) is 5.27. The van der Waals surface area contributed by atoms with Crippen molar-refractivity contribution in [1.82, 2.24) is 14.3 Å². The SMILES string of the molecule is Cn1cc(Cl)c(C(=O)/C=C/c2cccn2-c2ccc([N+](=O)[O-])cc2)n1. The second-order valence-corrected chi connectivity index (χ2v) is 5.68. The molecule has 2 heterocycles. The van der Waals surface area contributed by atoms with Crippen molar-refractivity contribution in [2.45, 2.75) is 0 Å². The summed E-state index contributed by atoms with van der Waals surface area (Å²) in [5, 5.41) is 15.1. The van der Waals surface area contributed by atoms with E-state index in [9.17, 15) is 14.9 Å². The number of benzene rings is 1. The Morgan fingerprint density at radius 1 is 1.28 bits per heavy atom. The topological polar surface area (TPSA) is 83.0 Å². The largest absolute Gasteiger partial charge is 0.317 e. The summed E-state index contributed by atoms with van der Waals surface area (Å²) in [7, 11) is 1.69. The zero-order chi connectivity index (χ0) is 18.0. The summed E-state index contributed by atoms with van der Waals surface area (Å²) in [5.74, 6) is -0.304. The van der Waals surface area contributed by atoms with Crippen molar-refractivity contribution in [2.75, 3.05) is 0 Å². The van der Waals surface area contributed by atoms with Gasteiger partial charge in [-0.25, -0.2) is 0 Å². The number of rotatable bonds is 5. The third-order valence-corrected chi connectivity index (χ3v) is 3.82. The van der Waals surface area contributed by atoms with Crippen LogP contribution in [0.4, 0.5) is 5.69 Å². The van der Waals surface area contributed by atoms with Crippen LogP contribution in [0.1, 0.15) is 16.2 Å². The van der Waals surface area contributed by atoms with Gasteiger partial charge in [-0.05, 0) is 36.4 Å². The Morgan fingerprint density at radius 3 is 2.60 bits per heavy atom. The molecule has 0 aliphatic heterocycles. The van der Waals surface area contributed by atoms with Crippen molar-refractivity contribution >= 4 is 29.1 Å². The monoisotopic (exact) mass is 356 g/mol. The smallest absolute Gasteiger partial charge is 0.269 e. The van der Waals surface area contributed by atoms with Crippen LogP contribution in [0.5, 0.6) is 0 Å². The fourth-order valence-corrected chi connectivity index (χ4v) is 2.64. The molecule has 3 aromatic rings. The molecule has 0 radical (unpaired) electrons. The van der Waals surface area contributed by atoms with Gasteiger partial charge in [-0.3, -0.25) is 19.6 Å². The van der Waals surface area contributed by atoms with Crippen molar-refractivity contribution in [2.24, 2.45) is 7.05 Å². The van der Waals surface area contributed by atoms with Crippen molar-refractivity contribution in [3.05, 3.63) is 81.4 Å². The van der Waals surface area contributed by atoms with Crippen LogP contribution in [0.3, 0.4) is 0 Å². The standard InChI is InChI=1S/C17H13ClN4O3/c1-20-11-15(18)17(19-20)16(23)9-8-12-3-2-10-21(12)13-4-6-14(7-5-13)22(24)25/h2-11H,1H3/b9-8+. The number of ketones is 1. The number of nitro groups is 1. The third kappa shape index (κ3) is 3.51. The average Bonchev–Trinajstić information content (AvgIpc) is 3.18. The molecule has 126 valence electrons. The van der Waals surface area contributed by atoms with E-state index < -0.39 is 4.92 Å². The maximum Gasteiger partial charge on any atom is 0.269 e. The van der Waals surface area contributed by atoms with Gasteiger partial charge < -0.3 is 4.57 Å². The van der Waals surface area contributed by atoms with Crippen LogP contribution in [0.15, 0.2) is 54.9 Å². The molecule has 0 bridgehead atoms. The lowest BCUT2D eigenvalue weighted by atomic mass is 10.2. The molecule has 0 N–H and O–H groups in total. The first-order valence-electron chi connectivity index (χ1n) is 7.29. The molecule has 7 nitrogen and oxygen atoms in total. The van der Waals surface area contributed by atoms with Gasteiger partial charge in [0.2, 0.25) is 5.78 Å². The molecule has 0 saturated carbocycles. The molecular weight excluding hydrogens is 344 g/mol. The van der Waals surface area contributed by atoms with Crippen LogP contribution < -0.4 is 0 Å². The Balaban J connectivity index is 1.85. The number of allylic oxidation sites excluding steroid dienone is 1. The number of aromatic nitrogens is 3. The van der Waals surface area contributed by atoms with Gasteiger partial charge in [-0.1, -0.05) is 11.6 Å². The first-order valence-corrected chi connectivity index (χ1v) is 7.67. The molecule has 0 spiro atoms. The maximum absolute atomic E-state index is 12.2. The number of nitro benzene ring substituents is 1. The molecule has 25 heavy (non-hydrogen) atoms. The number of aryl methyl sites for hydroxylation is 1. The molecule has 3 rings (SSSR count). The Hall–Kier alpha value is -3.19. The van der Waals surface area contributed by atoms with Crippen molar-refractivity contribution in [3.8, 4) is 5.69 Å². The molecule has 0 aliphatic rings. The molecule has 2 aromatic heterocycles. The van der Waals surface area contributed by atoms with E-state index in [1.54, 1.807) is 37.7 Å². The van der Waals surface area contributed by atoms with E-state index in [0.717, 1.165) is 11.4 Å². The van der Waals surface area contributed by atoms with Crippen LogP contribution in [0.2, 0.25) is 5.02 Å². The third-order valence-electron chi connectivity index (χ3n) is 3.54. The van der Waals surface area contributed by atoms with Crippen LogP contribution in [0.25, 0.3) is 11.8 Å². The van der Waals surface area contributed by atoms with E-state index in [0.29, 0.717) is 5.02 Å². The number of hydrogen-bond donors (Lipinski definition) is 0. The summed E-state index contributed by atoms with van der Waals surface area (Å²) in [6.45, 7) is 0. The van der Waals surface area contributed by atoms with E-state index in [-0.39, 0.29) is 17.2 Å². The number of carbonyl (C=O) groups excluding carboxylic acids is 1. The lowest BCUT2D eigenvalue weighted by Gasteiger charge is -2.06. The van der Waals surface area contributed by atoms with Gasteiger partial charge in [0.1, 0.15) is 0 Å². The summed E-state index contributed by atoms with van der Waals surface area (Å²) in [5.41, 5.74) is 1.70. The molecule has 0 aliphatic carbocycles. The number of nitrogens with zero attached hydrogens (tertiary/aromatic N) is 4. The van der Waals surface area contributed by atoms with Crippen LogP contribution in [-0.2, 0) is 7.05 Å². The summed E-state index contributed by atoms with van der Waals surface area (Å²) >= 11 is 5.97. The Morgan fingerprint density at radius 2 is 2.00 bits per heavy atom. The van der Waals surface area contributed by atoms with Crippen molar-refractivity contribution in [1.29, 1.82) is 0 Å². The van der Waals surface area contributed by atoms with Gasteiger partial charge in [0.05, 0.1) is 9.95 Å². The van der Waals surface area contributed by atoms with Crippen molar-refractivity contribution in [3.63, 3.8) is 0 Å². The molecule has 0 fully saturated rings. The normalized spacial score (nSPS) is 11.1. The van der Waals surface area contributed by atoms with E-state index in [4.69, 9.17) is 11.6 Å². The number of carbonyl (C=O) groups is 1. The van der Waals surface area contributed by atoms with Gasteiger partial charge in [0, 0.05) is 43.0 Å². The fraction of sp³-hybridized carbons (Fsp3) is 0.0588. The Bertz CT molecular complexity index is 970. The van der Waals surface area contributed by atoms with Crippen LogP contribution >= 0.6 is 11.6 Å². The highest BCUT2D eigenvalue weighted by molar-refractivity contribution is 6.34. The number of non-ortho nitro benzene ring substituents is 1. The summed E-state index contributed by atoms with van der Waals surface area (Å²) in [4.78, 5) is 22.5. The van der Waals surface area contributed by atoms with Gasteiger partial charge >= 0.3 is 0 Å². The Kier molecular flexibility index (Phi) is 4.49. The van der Waals surface area contributed by atoms with Crippen LogP contribution in [-0.4, -0.2) is 25.1 Å². The first-order chi connectivity index (χ1) is 12.0. The molecule has 0 atom stereocenters. The van der Waals surface area contributed by atoms with Crippen LogP contribution in [0, 0.1) is 10.1 Å². The van der Waals surface area contributed by atoms with E-state index >= 15 is 0 Å². The minimum absolute atomic E-state index is 0.0213. The van der Waals surface area contributed by atoms with E-state index in [1.807, 2.05) is 16.7 Å². The average molecular weight is 357 g/mol. The maximum atomic E-state index is 12.2. The molecule has 8 heteroatoms. The minimum atomic E-state index is -0.449. The highest BCUT2D eigenvalue weighted by atomic mass is 35.5. The quantitative estimate of drug-likeness (QED) is 0.302. The lowest BCUT2D eigenvalue weighted by molar-refractivity contribution is -0.384. The second kappa shape index (κ2) is 6.74. The predicted octanol–water partition coefficient (Wildman–Crippen LogP) is 3.67. The lowest BCUT2D eigenvalue weighted by Crippen LogP contribution is -1.99. The molecule has 0 saturated heterocycles. The predicted molar refractivity (Wildman–Crippen MR) is 94.0 cm³/mol. The molecule has 0 unspecified atom stereocenters. The van der Waals surface area contributed by atoms with E-state index in [1.165, 1.54) is 22.9 Å². The minimum Gasteiger partial charge on any atom is -0.317 e.